The average Bonchev–Trinajstić information content (AvgIpc) is 2.42. The summed E-state index contributed by atoms with van der Waals surface area (Å²) in [5, 5.41) is 9.30. The zero-order valence-corrected chi connectivity index (χ0v) is 11.9. The third-order valence-corrected chi connectivity index (χ3v) is 5.22. The van der Waals surface area contributed by atoms with Crippen LogP contribution in [-0.2, 0) is 10.0 Å². The highest BCUT2D eigenvalue weighted by Crippen LogP contribution is 2.26. The fourth-order valence-electron chi connectivity index (χ4n) is 2.54. The van der Waals surface area contributed by atoms with Crippen molar-refractivity contribution < 1.29 is 17.9 Å². The number of halogens is 1. The summed E-state index contributed by atoms with van der Waals surface area (Å²) in [6.45, 7) is -0.0429. The molecule has 4 N–H and O–H groups in total. The van der Waals surface area contributed by atoms with Crippen LogP contribution in [0, 0.1) is 11.7 Å². The van der Waals surface area contributed by atoms with Crippen LogP contribution in [0.3, 0.4) is 0 Å². The zero-order chi connectivity index (χ0) is 14.8. The topological polar surface area (TPSA) is 92.4 Å². The lowest BCUT2D eigenvalue weighted by Crippen LogP contribution is -2.43. The van der Waals surface area contributed by atoms with Gasteiger partial charge < -0.3 is 10.8 Å². The molecule has 0 bridgehead atoms. The smallest absolute Gasteiger partial charge is 0.240 e. The number of sulfonamides is 1. The first-order valence-electron chi connectivity index (χ1n) is 6.62. The van der Waals surface area contributed by atoms with Gasteiger partial charge in [-0.3, -0.25) is 0 Å². The van der Waals surface area contributed by atoms with Gasteiger partial charge in [-0.15, -0.1) is 0 Å². The number of hydrogen-bond acceptors (Lipinski definition) is 4. The van der Waals surface area contributed by atoms with E-state index in [-0.39, 0.29) is 29.1 Å². The summed E-state index contributed by atoms with van der Waals surface area (Å²) >= 11 is 0. The van der Waals surface area contributed by atoms with E-state index < -0.39 is 15.8 Å². The Hall–Kier alpha value is -1.18. The normalized spacial score (nSPS) is 23.7. The fraction of sp³-hybridized carbons (Fsp3) is 0.538. The molecule has 2 unspecified atom stereocenters. The van der Waals surface area contributed by atoms with Crippen molar-refractivity contribution in [3.8, 4) is 0 Å². The van der Waals surface area contributed by atoms with Gasteiger partial charge in [0.25, 0.3) is 0 Å². The number of rotatable bonds is 4. The molecule has 7 heteroatoms. The molecule has 1 fully saturated rings. The second kappa shape index (κ2) is 6.07. The van der Waals surface area contributed by atoms with Gasteiger partial charge >= 0.3 is 0 Å². The third kappa shape index (κ3) is 3.28. The molecule has 1 aromatic rings. The molecule has 112 valence electrons. The first-order chi connectivity index (χ1) is 9.44. The van der Waals surface area contributed by atoms with Gasteiger partial charge in [-0.25, -0.2) is 17.5 Å². The van der Waals surface area contributed by atoms with E-state index in [9.17, 15) is 17.9 Å². The average molecular weight is 302 g/mol. The lowest BCUT2D eigenvalue weighted by atomic mass is 9.86. The van der Waals surface area contributed by atoms with Crippen LogP contribution in [0.2, 0.25) is 0 Å². The summed E-state index contributed by atoms with van der Waals surface area (Å²) < 4.78 is 40.2. The Balaban J connectivity index is 2.19. The number of anilines is 1. The van der Waals surface area contributed by atoms with Crippen LogP contribution in [0.5, 0.6) is 0 Å². The van der Waals surface area contributed by atoms with Crippen molar-refractivity contribution in [2.75, 3.05) is 12.3 Å². The van der Waals surface area contributed by atoms with E-state index in [1.54, 1.807) is 0 Å². The molecule has 0 saturated heterocycles. The Bertz CT molecular complexity index is 577. The highest BCUT2D eigenvalue weighted by molar-refractivity contribution is 7.89. The molecule has 1 aromatic carbocycles. The molecular formula is C13H19FN2O3S. The van der Waals surface area contributed by atoms with E-state index in [1.165, 1.54) is 6.07 Å². The molecule has 1 saturated carbocycles. The van der Waals surface area contributed by atoms with Crippen LogP contribution in [0.25, 0.3) is 0 Å². The van der Waals surface area contributed by atoms with Crippen LogP contribution >= 0.6 is 0 Å². The van der Waals surface area contributed by atoms with Gasteiger partial charge in [0.2, 0.25) is 10.0 Å². The standard InChI is InChI=1S/C13H19FN2O3S/c14-11-6-5-10(7-12(11)15)20(18,19)16-13-4-2-1-3-9(13)8-17/h5-7,9,13,16-17H,1-4,8,15H2. The van der Waals surface area contributed by atoms with Crippen LogP contribution < -0.4 is 10.5 Å². The number of aliphatic hydroxyl groups is 1. The van der Waals surface area contributed by atoms with Crippen LogP contribution in [0.4, 0.5) is 10.1 Å². The quantitative estimate of drug-likeness (QED) is 0.730. The minimum absolute atomic E-state index is 0.0429. The molecule has 0 radical (unpaired) electrons. The molecule has 0 aliphatic heterocycles. The molecule has 0 aromatic heterocycles. The van der Waals surface area contributed by atoms with E-state index in [4.69, 9.17) is 5.73 Å². The molecule has 0 heterocycles. The predicted octanol–water partition coefficient (Wildman–Crippen LogP) is 1.24. The van der Waals surface area contributed by atoms with E-state index in [0.717, 1.165) is 31.4 Å². The van der Waals surface area contributed by atoms with E-state index in [0.29, 0.717) is 6.42 Å². The SMILES string of the molecule is Nc1cc(S(=O)(=O)NC2CCCCC2CO)ccc1F. The van der Waals surface area contributed by atoms with Crippen molar-refractivity contribution >= 4 is 15.7 Å². The molecule has 1 aliphatic rings. The maximum Gasteiger partial charge on any atom is 0.240 e. The second-order valence-corrected chi connectivity index (χ2v) is 6.85. The predicted molar refractivity (Wildman–Crippen MR) is 74.0 cm³/mol. The summed E-state index contributed by atoms with van der Waals surface area (Å²) in [6.07, 6.45) is 3.42. The Morgan fingerprint density at radius 3 is 2.70 bits per heavy atom. The van der Waals surface area contributed by atoms with Crippen LogP contribution in [0.1, 0.15) is 25.7 Å². The van der Waals surface area contributed by atoms with Gasteiger partial charge in [0.1, 0.15) is 5.82 Å². The molecule has 5 nitrogen and oxygen atoms in total. The first-order valence-corrected chi connectivity index (χ1v) is 8.10. The molecule has 0 spiro atoms. The van der Waals surface area contributed by atoms with E-state index >= 15 is 0 Å². The number of hydrogen-bond donors (Lipinski definition) is 3. The van der Waals surface area contributed by atoms with Gasteiger partial charge in [0.15, 0.2) is 0 Å². The van der Waals surface area contributed by atoms with E-state index in [1.807, 2.05) is 0 Å². The Labute approximate surface area is 118 Å². The number of aliphatic hydroxyl groups excluding tert-OH is 1. The van der Waals surface area contributed by atoms with Crippen molar-refractivity contribution in [3.05, 3.63) is 24.0 Å². The van der Waals surface area contributed by atoms with Crippen molar-refractivity contribution in [1.82, 2.24) is 4.72 Å². The second-order valence-electron chi connectivity index (χ2n) is 5.14. The summed E-state index contributed by atoms with van der Waals surface area (Å²) in [4.78, 5) is -0.0568. The van der Waals surface area contributed by atoms with Crippen molar-refractivity contribution in [3.63, 3.8) is 0 Å². The molecule has 0 amide bonds. The van der Waals surface area contributed by atoms with Crippen molar-refractivity contribution in [2.24, 2.45) is 5.92 Å². The molecule has 2 atom stereocenters. The monoisotopic (exact) mass is 302 g/mol. The van der Waals surface area contributed by atoms with Crippen molar-refractivity contribution in [2.45, 2.75) is 36.6 Å². The summed E-state index contributed by atoms with van der Waals surface area (Å²) in [5.74, 6) is -0.717. The Kier molecular flexibility index (Phi) is 4.62. The molecule has 20 heavy (non-hydrogen) atoms. The maximum absolute atomic E-state index is 13.1. The summed E-state index contributed by atoms with van der Waals surface area (Å²) in [5.41, 5.74) is 5.20. The third-order valence-electron chi connectivity index (χ3n) is 3.73. The van der Waals surface area contributed by atoms with Gasteiger partial charge in [-0.05, 0) is 37.0 Å². The fourth-order valence-corrected chi connectivity index (χ4v) is 3.91. The highest BCUT2D eigenvalue weighted by atomic mass is 32.2. The largest absolute Gasteiger partial charge is 0.396 e. The Morgan fingerprint density at radius 2 is 2.05 bits per heavy atom. The van der Waals surface area contributed by atoms with Gasteiger partial charge in [-0.1, -0.05) is 12.8 Å². The van der Waals surface area contributed by atoms with Gasteiger partial charge in [-0.2, -0.15) is 0 Å². The zero-order valence-electron chi connectivity index (χ0n) is 11.0. The summed E-state index contributed by atoms with van der Waals surface area (Å²) in [6, 6.07) is 3.04. The van der Waals surface area contributed by atoms with Gasteiger partial charge in [0, 0.05) is 12.6 Å². The van der Waals surface area contributed by atoms with Gasteiger partial charge in [0.05, 0.1) is 10.6 Å². The number of nitrogen functional groups attached to an aromatic ring is 1. The molecule has 2 rings (SSSR count). The molecular weight excluding hydrogens is 283 g/mol. The van der Waals surface area contributed by atoms with Crippen LogP contribution in [0.15, 0.2) is 23.1 Å². The van der Waals surface area contributed by atoms with Crippen LogP contribution in [-0.4, -0.2) is 26.2 Å². The van der Waals surface area contributed by atoms with E-state index in [2.05, 4.69) is 4.72 Å². The number of nitrogens with one attached hydrogen (secondary N) is 1. The molecule has 1 aliphatic carbocycles. The lowest BCUT2D eigenvalue weighted by Gasteiger charge is -2.30. The van der Waals surface area contributed by atoms with Crippen molar-refractivity contribution in [1.29, 1.82) is 0 Å². The minimum atomic E-state index is -3.75. The lowest BCUT2D eigenvalue weighted by molar-refractivity contribution is 0.164. The first kappa shape index (κ1) is 15.2. The Morgan fingerprint density at radius 1 is 1.35 bits per heavy atom. The maximum atomic E-state index is 13.1. The number of nitrogens with two attached hydrogens (primary N) is 1. The number of benzene rings is 1. The minimum Gasteiger partial charge on any atom is -0.396 e. The summed E-state index contributed by atoms with van der Waals surface area (Å²) in [7, 11) is -3.75. The highest BCUT2D eigenvalue weighted by Gasteiger charge is 2.29.